The molecule has 6 nitrogen and oxygen atoms in total. The number of benzene rings is 2. The molecule has 0 bridgehead atoms. The van der Waals surface area contributed by atoms with Gasteiger partial charge in [0.2, 0.25) is 5.43 Å². The van der Waals surface area contributed by atoms with Gasteiger partial charge < -0.3 is 10.3 Å². The Hall–Kier alpha value is -3.67. The van der Waals surface area contributed by atoms with E-state index in [4.69, 9.17) is 0 Å². The molecule has 6 heteroatoms. The number of hydrogen-bond donors (Lipinski definition) is 2. The number of nitrogens with zero attached hydrogens (tertiary/aromatic N) is 2. The van der Waals surface area contributed by atoms with Crippen LogP contribution >= 0.6 is 0 Å². The van der Waals surface area contributed by atoms with Crippen molar-refractivity contribution in [1.82, 2.24) is 14.8 Å². The maximum absolute atomic E-state index is 13.0. The fraction of sp³-hybridized carbons (Fsp3) is 0.136. The Morgan fingerprint density at radius 3 is 2.46 bits per heavy atom. The van der Waals surface area contributed by atoms with Gasteiger partial charge in [-0.15, -0.1) is 0 Å². The summed E-state index contributed by atoms with van der Waals surface area (Å²) in [5, 5.41) is 7.73. The molecule has 4 aromatic rings. The molecule has 2 N–H and O–H groups in total. The molecule has 0 atom stereocenters. The first-order valence-corrected chi connectivity index (χ1v) is 9.01. The molecule has 2 aromatic heterocycles. The topological polar surface area (TPSA) is 79.8 Å². The highest BCUT2D eigenvalue weighted by atomic mass is 16.2. The van der Waals surface area contributed by atoms with Gasteiger partial charge in [-0.25, -0.2) is 4.68 Å². The van der Waals surface area contributed by atoms with Gasteiger partial charge in [0.05, 0.1) is 16.8 Å². The van der Waals surface area contributed by atoms with Crippen molar-refractivity contribution in [3.05, 3.63) is 87.3 Å². The van der Waals surface area contributed by atoms with Gasteiger partial charge in [-0.1, -0.05) is 35.9 Å². The molecule has 0 saturated carbocycles. The summed E-state index contributed by atoms with van der Waals surface area (Å²) in [4.78, 5) is 28.8. The zero-order valence-corrected chi connectivity index (χ0v) is 15.9. The minimum absolute atomic E-state index is 0.0577. The highest BCUT2D eigenvalue weighted by Gasteiger charge is 2.19. The van der Waals surface area contributed by atoms with Crippen LogP contribution in [-0.2, 0) is 0 Å². The number of aryl methyl sites for hydroxylation is 3. The van der Waals surface area contributed by atoms with Crippen molar-refractivity contribution >= 4 is 22.6 Å². The standard InChI is InChI=1S/C22H20N4O2/c1-13-8-10-16(11-9-13)26-21-19(15(3)25-26)20(27)17(12-23-21)22(28)24-18-7-5-4-6-14(18)2/h4-12H,1-3H3,(H,23,27)(H,24,28). The lowest BCUT2D eigenvalue weighted by Crippen LogP contribution is -2.22. The van der Waals surface area contributed by atoms with E-state index in [0.717, 1.165) is 16.8 Å². The third-order valence-electron chi connectivity index (χ3n) is 4.80. The summed E-state index contributed by atoms with van der Waals surface area (Å²) in [6, 6.07) is 15.3. The summed E-state index contributed by atoms with van der Waals surface area (Å²) in [7, 11) is 0. The Bertz CT molecular complexity index is 1250. The number of carbonyl (C=O) groups excluding carboxylic acids is 1. The molecule has 0 radical (unpaired) electrons. The van der Waals surface area contributed by atoms with Gasteiger partial charge in [-0.2, -0.15) is 5.10 Å². The van der Waals surface area contributed by atoms with Crippen LogP contribution in [-0.4, -0.2) is 20.7 Å². The quantitative estimate of drug-likeness (QED) is 0.572. The number of H-pyrrole nitrogens is 1. The lowest BCUT2D eigenvalue weighted by Gasteiger charge is -2.08. The number of nitrogens with one attached hydrogen (secondary N) is 2. The van der Waals surface area contributed by atoms with Crippen molar-refractivity contribution < 1.29 is 4.79 Å². The summed E-state index contributed by atoms with van der Waals surface area (Å²) < 4.78 is 1.69. The van der Waals surface area contributed by atoms with Crippen LogP contribution in [0.5, 0.6) is 0 Å². The minimum Gasteiger partial charge on any atom is -0.345 e. The van der Waals surface area contributed by atoms with E-state index in [1.54, 1.807) is 17.7 Å². The molecule has 0 aliphatic carbocycles. The van der Waals surface area contributed by atoms with E-state index in [9.17, 15) is 9.59 Å². The minimum atomic E-state index is -0.445. The van der Waals surface area contributed by atoms with E-state index >= 15 is 0 Å². The van der Waals surface area contributed by atoms with E-state index in [1.807, 2.05) is 56.3 Å². The summed E-state index contributed by atoms with van der Waals surface area (Å²) >= 11 is 0. The van der Waals surface area contributed by atoms with Crippen molar-refractivity contribution in [3.8, 4) is 5.69 Å². The fourth-order valence-electron chi connectivity index (χ4n) is 3.22. The van der Waals surface area contributed by atoms with Crippen LogP contribution in [0.3, 0.4) is 0 Å². The SMILES string of the molecule is Cc1ccc(-n2nc(C)c3c(=O)c(C(=O)Nc4ccccc4C)c[nH]c32)cc1. The second-order valence-electron chi connectivity index (χ2n) is 6.86. The molecule has 1 amide bonds. The van der Waals surface area contributed by atoms with E-state index in [0.29, 0.717) is 22.4 Å². The highest BCUT2D eigenvalue weighted by Crippen LogP contribution is 2.19. The number of amides is 1. The third kappa shape index (κ3) is 2.99. The first kappa shape index (κ1) is 17.7. The zero-order valence-electron chi connectivity index (χ0n) is 15.9. The van der Waals surface area contributed by atoms with Gasteiger partial charge in [-0.3, -0.25) is 9.59 Å². The molecule has 0 fully saturated rings. The summed E-state index contributed by atoms with van der Waals surface area (Å²) in [5.74, 6) is -0.445. The Kier molecular flexibility index (Phi) is 4.31. The van der Waals surface area contributed by atoms with Crippen LogP contribution in [0.2, 0.25) is 0 Å². The molecular formula is C22H20N4O2. The van der Waals surface area contributed by atoms with Crippen molar-refractivity contribution in [2.45, 2.75) is 20.8 Å². The molecule has 28 heavy (non-hydrogen) atoms. The van der Waals surface area contributed by atoms with Crippen molar-refractivity contribution in [3.63, 3.8) is 0 Å². The Labute approximate surface area is 161 Å². The number of aromatic amines is 1. The van der Waals surface area contributed by atoms with E-state index in [2.05, 4.69) is 15.4 Å². The predicted octanol–water partition coefficient (Wildman–Crippen LogP) is 3.89. The van der Waals surface area contributed by atoms with Gasteiger partial charge in [-0.05, 0) is 44.5 Å². The molecule has 0 spiro atoms. The van der Waals surface area contributed by atoms with Crippen LogP contribution in [0.4, 0.5) is 5.69 Å². The first-order chi connectivity index (χ1) is 13.5. The van der Waals surface area contributed by atoms with Crippen LogP contribution < -0.4 is 10.7 Å². The monoisotopic (exact) mass is 372 g/mol. The number of anilines is 1. The van der Waals surface area contributed by atoms with Crippen LogP contribution in [0.1, 0.15) is 27.2 Å². The van der Waals surface area contributed by atoms with Crippen LogP contribution in [0.15, 0.2) is 59.5 Å². The number of fused-ring (bicyclic) bond motifs is 1. The van der Waals surface area contributed by atoms with Crippen molar-refractivity contribution in [2.75, 3.05) is 5.32 Å². The van der Waals surface area contributed by atoms with E-state index in [1.165, 1.54) is 6.20 Å². The van der Waals surface area contributed by atoms with Gasteiger partial charge >= 0.3 is 0 Å². The summed E-state index contributed by atoms with van der Waals surface area (Å²) in [6.45, 7) is 5.68. The zero-order chi connectivity index (χ0) is 19.8. The fourth-order valence-corrected chi connectivity index (χ4v) is 3.22. The predicted molar refractivity (Wildman–Crippen MR) is 110 cm³/mol. The largest absolute Gasteiger partial charge is 0.345 e. The average molecular weight is 372 g/mol. The Morgan fingerprint density at radius 2 is 1.75 bits per heavy atom. The van der Waals surface area contributed by atoms with E-state index in [-0.39, 0.29) is 11.0 Å². The summed E-state index contributed by atoms with van der Waals surface area (Å²) in [5.41, 5.74) is 4.45. The van der Waals surface area contributed by atoms with Crippen LogP contribution in [0, 0.1) is 20.8 Å². The number of para-hydroxylation sites is 1. The van der Waals surface area contributed by atoms with Gasteiger partial charge in [0.25, 0.3) is 5.91 Å². The lowest BCUT2D eigenvalue weighted by molar-refractivity contribution is 0.102. The second-order valence-corrected chi connectivity index (χ2v) is 6.86. The Morgan fingerprint density at radius 1 is 1.04 bits per heavy atom. The Balaban J connectivity index is 1.78. The highest BCUT2D eigenvalue weighted by molar-refractivity contribution is 6.06. The average Bonchev–Trinajstić information content (AvgIpc) is 3.02. The van der Waals surface area contributed by atoms with Crippen LogP contribution in [0.25, 0.3) is 16.7 Å². The molecule has 4 rings (SSSR count). The van der Waals surface area contributed by atoms with Gasteiger partial charge in [0.1, 0.15) is 11.2 Å². The smallest absolute Gasteiger partial charge is 0.261 e. The third-order valence-corrected chi connectivity index (χ3v) is 4.80. The second kappa shape index (κ2) is 6.81. The number of hydrogen-bond acceptors (Lipinski definition) is 3. The van der Waals surface area contributed by atoms with E-state index < -0.39 is 5.91 Å². The number of carbonyl (C=O) groups is 1. The molecule has 2 heterocycles. The number of pyridine rings is 1. The van der Waals surface area contributed by atoms with Crippen molar-refractivity contribution in [2.24, 2.45) is 0 Å². The maximum atomic E-state index is 13.0. The lowest BCUT2D eigenvalue weighted by atomic mass is 10.1. The maximum Gasteiger partial charge on any atom is 0.261 e. The first-order valence-electron chi connectivity index (χ1n) is 9.01. The summed E-state index contributed by atoms with van der Waals surface area (Å²) in [6.07, 6.45) is 1.45. The normalized spacial score (nSPS) is 11.0. The molecule has 0 unspecified atom stereocenters. The molecule has 0 aliphatic rings. The molecular weight excluding hydrogens is 352 g/mol. The molecule has 0 aliphatic heterocycles. The molecule has 0 saturated heterocycles. The van der Waals surface area contributed by atoms with Crippen molar-refractivity contribution in [1.29, 1.82) is 0 Å². The van der Waals surface area contributed by atoms with Gasteiger partial charge in [0.15, 0.2) is 0 Å². The number of rotatable bonds is 3. The molecule has 140 valence electrons. The number of aromatic nitrogens is 3. The molecule has 2 aromatic carbocycles. The van der Waals surface area contributed by atoms with Gasteiger partial charge in [0, 0.05) is 11.9 Å².